The normalized spacial score (nSPS) is 31.7. The van der Waals surface area contributed by atoms with Crippen LogP contribution in [-0.4, -0.2) is 36.9 Å². The highest BCUT2D eigenvalue weighted by Crippen LogP contribution is 2.82. The number of hydrogen-bond acceptors (Lipinski definition) is 4. The molecule has 0 bridgehead atoms. The highest BCUT2D eigenvalue weighted by Gasteiger charge is 2.79. The van der Waals surface area contributed by atoms with E-state index in [1.807, 2.05) is 12.1 Å². The van der Waals surface area contributed by atoms with Crippen LogP contribution < -0.4 is 4.74 Å². The summed E-state index contributed by atoms with van der Waals surface area (Å²) in [6, 6.07) is 6.18. The predicted octanol–water partition coefficient (Wildman–Crippen LogP) is 5.91. The van der Waals surface area contributed by atoms with E-state index in [0.717, 1.165) is 29.6 Å². The molecule has 1 saturated carbocycles. The minimum atomic E-state index is -2.07. The molecule has 1 aromatic rings. The molecular formula is C23H38O4Si2. The third-order valence-corrected chi connectivity index (χ3v) is 16.1. The van der Waals surface area contributed by atoms with Crippen molar-refractivity contribution in [3.63, 3.8) is 0 Å². The molecule has 0 radical (unpaired) electrons. The Hall–Kier alpha value is -0.956. The Bertz CT molecular complexity index is 808. The number of rotatable bonds is 7. The SMILES string of the molecule is COc1cccc2c1[C@](OC)([C@@]1([Si](C)(C)C)CC1C=O)[C@H]2O[Si](C)(C)C(C)(C)C. The van der Waals surface area contributed by atoms with Crippen molar-refractivity contribution in [1.29, 1.82) is 0 Å². The molecule has 0 N–H and O–H groups in total. The average Bonchev–Trinajstić information content (AvgIpc) is 3.36. The van der Waals surface area contributed by atoms with E-state index in [1.165, 1.54) is 0 Å². The van der Waals surface area contributed by atoms with Crippen LogP contribution in [0.2, 0.25) is 42.8 Å². The number of ether oxygens (including phenoxy) is 2. The smallest absolute Gasteiger partial charge is 0.193 e. The maximum Gasteiger partial charge on any atom is 0.193 e. The van der Waals surface area contributed by atoms with Gasteiger partial charge >= 0.3 is 0 Å². The summed E-state index contributed by atoms with van der Waals surface area (Å²) in [5.74, 6) is 0.853. The van der Waals surface area contributed by atoms with E-state index in [2.05, 4.69) is 59.6 Å². The summed E-state index contributed by atoms with van der Waals surface area (Å²) in [6.07, 6.45) is 1.85. The topological polar surface area (TPSA) is 44.8 Å². The highest BCUT2D eigenvalue weighted by atomic mass is 28.4. The largest absolute Gasteiger partial charge is 0.496 e. The third kappa shape index (κ3) is 2.86. The lowest BCUT2D eigenvalue weighted by molar-refractivity contribution is -0.149. The molecular weight excluding hydrogens is 396 g/mol. The molecule has 29 heavy (non-hydrogen) atoms. The van der Waals surface area contributed by atoms with Crippen molar-refractivity contribution in [2.24, 2.45) is 5.92 Å². The molecule has 0 aliphatic heterocycles. The van der Waals surface area contributed by atoms with Crippen LogP contribution in [0.25, 0.3) is 0 Å². The molecule has 162 valence electrons. The van der Waals surface area contributed by atoms with Gasteiger partial charge in [0.15, 0.2) is 8.32 Å². The Morgan fingerprint density at radius 3 is 2.14 bits per heavy atom. The number of fused-ring (bicyclic) bond motifs is 1. The van der Waals surface area contributed by atoms with Crippen LogP contribution in [0.1, 0.15) is 44.4 Å². The maximum atomic E-state index is 12.1. The molecule has 6 heteroatoms. The summed E-state index contributed by atoms with van der Waals surface area (Å²) >= 11 is 0. The van der Waals surface area contributed by atoms with Gasteiger partial charge in [-0.2, -0.15) is 0 Å². The first kappa shape index (κ1) is 22.7. The van der Waals surface area contributed by atoms with Crippen molar-refractivity contribution in [2.45, 2.75) is 81.7 Å². The van der Waals surface area contributed by atoms with E-state index in [0.29, 0.717) is 0 Å². The lowest BCUT2D eigenvalue weighted by atomic mass is 9.66. The molecule has 2 aliphatic carbocycles. The van der Waals surface area contributed by atoms with E-state index < -0.39 is 22.0 Å². The molecule has 0 spiro atoms. The summed E-state index contributed by atoms with van der Waals surface area (Å²) in [7, 11) is -0.400. The van der Waals surface area contributed by atoms with Crippen molar-refractivity contribution < 1.29 is 18.7 Å². The molecule has 4 nitrogen and oxygen atoms in total. The Balaban J connectivity index is 2.25. The van der Waals surface area contributed by atoms with Gasteiger partial charge in [0.25, 0.3) is 0 Å². The van der Waals surface area contributed by atoms with Crippen LogP contribution in [-0.2, 0) is 19.6 Å². The fraction of sp³-hybridized carbons (Fsp3) is 0.696. The Labute approximate surface area is 178 Å². The van der Waals surface area contributed by atoms with Gasteiger partial charge < -0.3 is 18.7 Å². The molecule has 0 aromatic heterocycles. The monoisotopic (exact) mass is 434 g/mol. The zero-order chi connectivity index (χ0) is 22.0. The summed E-state index contributed by atoms with van der Waals surface area (Å²) in [5.41, 5.74) is 1.62. The molecule has 4 atom stereocenters. The second-order valence-electron chi connectivity index (χ2n) is 11.3. The predicted molar refractivity (Wildman–Crippen MR) is 123 cm³/mol. The van der Waals surface area contributed by atoms with Gasteiger partial charge in [0.2, 0.25) is 0 Å². The van der Waals surface area contributed by atoms with E-state index in [1.54, 1.807) is 14.2 Å². The lowest BCUT2D eigenvalue weighted by Gasteiger charge is -2.60. The minimum Gasteiger partial charge on any atom is -0.496 e. The van der Waals surface area contributed by atoms with Gasteiger partial charge in [-0.1, -0.05) is 52.5 Å². The van der Waals surface area contributed by atoms with Crippen molar-refractivity contribution in [3.05, 3.63) is 29.3 Å². The lowest BCUT2D eigenvalue weighted by Crippen LogP contribution is -2.60. The van der Waals surface area contributed by atoms with Crippen LogP contribution in [0.5, 0.6) is 5.75 Å². The number of benzene rings is 1. The summed E-state index contributed by atoms with van der Waals surface area (Å²) in [4.78, 5) is 12.1. The molecule has 0 saturated heterocycles. The van der Waals surface area contributed by atoms with E-state index in [4.69, 9.17) is 13.9 Å². The van der Waals surface area contributed by atoms with Crippen LogP contribution >= 0.6 is 0 Å². The average molecular weight is 435 g/mol. The third-order valence-electron chi connectivity index (χ3n) is 8.02. The molecule has 1 unspecified atom stereocenters. The van der Waals surface area contributed by atoms with Gasteiger partial charge in [0.05, 0.1) is 15.2 Å². The molecule has 0 amide bonds. The quantitative estimate of drug-likeness (QED) is 0.395. The fourth-order valence-corrected chi connectivity index (χ4v) is 10.1. The van der Waals surface area contributed by atoms with Crippen LogP contribution in [0, 0.1) is 5.92 Å². The van der Waals surface area contributed by atoms with Crippen molar-refractivity contribution in [1.82, 2.24) is 0 Å². The standard InChI is InChI=1S/C23H38O4Si2/c1-21(2,3)29(9,10)27-20-17-12-11-13-18(25-4)19(17)23(20,26-5)22(28(6,7)8)14-16(22)15-24/h11-13,15-16,20H,14H2,1-10H3/t16?,20-,22+,23+/m0/s1. The maximum absolute atomic E-state index is 12.1. The van der Waals surface area contributed by atoms with Gasteiger partial charge in [0, 0.05) is 23.6 Å². The van der Waals surface area contributed by atoms with Gasteiger partial charge in [-0.05, 0) is 36.2 Å². The molecule has 1 fully saturated rings. The summed E-state index contributed by atoms with van der Waals surface area (Å²) < 4.78 is 19.3. The van der Waals surface area contributed by atoms with Gasteiger partial charge in [-0.15, -0.1) is 0 Å². The van der Waals surface area contributed by atoms with E-state index in [-0.39, 0.29) is 22.1 Å². The highest BCUT2D eigenvalue weighted by molar-refractivity contribution is 6.80. The molecule has 2 aliphatic rings. The summed E-state index contributed by atoms with van der Waals surface area (Å²) in [6.45, 7) is 18.4. The fourth-order valence-electron chi connectivity index (χ4n) is 5.37. The first-order valence-electron chi connectivity index (χ1n) is 10.6. The summed E-state index contributed by atoms with van der Waals surface area (Å²) in [5, 5.41) is -0.105. The van der Waals surface area contributed by atoms with E-state index >= 15 is 0 Å². The van der Waals surface area contributed by atoms with Crippen molar-refractivity contribution in [2.75, 3.05) is 14.2 Å². The number of carbonyl (C=O) groups is 1. The van der Waals surface area contributed by atoms with Crippen LogP contribution in [0.15, 0.2) is 18.2 Å². The Kier molecular flexibility index (Phi) is 5.31. The Morgan fingerprint density at radius 2 is 1.72 bits per heavy atom. The van der Waals surface area contributed by atoms with Crippen molar-refractivity contribution >= 4 is 22.7 Å². The second-order valence-corrected chi connectivity index (χ2v) is 21.4. The van der Waals surface area contributed by atoms with Crippen LogP contribution in [0.4, 0.5) is 0 Å². The Morgan fingerprint density at radius 1 is 1.10 bits per heavy atom. The molecule has 0 heterocycles. The molecule has 3 rings (SSSR count). The number of aldehydes is 1. The van der Waals surface area contributed by atoms with E-state index in [9.17, 15) is 4.79 Å². The van der Waals surface area contributed by atoms with Gasteiger partial charge in [-0.25, -0.2) is 0 Å². The first-order valence-corrected chi connectivity index (χ1v) is 17.0. The second kappa shape index (κ2) is 6.77. The van der Waals surface area contributed by atoms with Crippen molar-refractivity contribution in [3.8, 4) is 5.75 Å². The van der Waals surface area contributed by atoms with Gasteiger partial charge in [-0.3, -0.25) is 0 Å². The number of methoxy groups -OCH3 is 2. The zero-order valence-corrected chi connectivity index (χ0v) is 21.8. The zero-order valence-electron chi connectivity index (χ0n) is 19.8. The first-order chi connectivity index (χ1) is 13.2. The number of carbonyl (C=O) groups excluding carboxylic acids is 1. The minimum absolute atomic E-state index is 0.0118. The number of hydrogen-bond donors (Lipinski definition) is 0. The van der Waals surface area contributed by atoms with Crippen LogP contribution in [0.3, 0.4) is 0 Å². The molecule has 1 aromatic carbocycles. The van der Waals surface area contributed by atoms with Gasteiger partial charge in [0.1, 0.15) is 23.7 Å².